The Morgan fingerprint density at radius 2 is 2.10 bits per heavy atom. The predicted molar refractivity (Wildman–Crippen MR) is 82.6 cm³/mol. The van der Waals surface area contributed by atoms with E-state index in [9.17, 15) is 9.90 Å². The van der Waals surface area contributed by atoms with Crippen LogP contribution in [0.2, 0.25) is 0 Å². The number of benzene rings is 1. The summed E-state index contributed by atoms with van der Waals surface area (Å²) in [5.74, 6) is 1.14. The van der Waals surface area contributed by atoms with Crippen LogP contribution in [0.5, 0.6) is 5.75 Å². The number of nitrogens with zero attached hydrogens (tertiary/aromatic N) is 1. The van der Waals surface area contributed by atoms with Crippen molar-refractivity contribution in [1.29, 1.82) is 0 Å². The van der Waals surface area contributed by atoms with Gasteiger partial charge in [-0.3, -0.25) is 4.79 Å². The van der Waals surface area contributed by atoms with Crippen LogP contribution in [-0.4, -0.2) is 41.2 Å². The molecule has 2 rings (SSSR count). The average molecular weight is 291 g/mol. The molecule has 0 radical (unpaired) electrons. The van der Waals surface area contributed by atoms with Crippen molar-refractivity contribution >= 4 is 5.91 Å². The van der Waals surface area contributed by atoms with E-state index in [2.05, 4.69) is 26.8 Å². The van der Waals surface area contributed by atoms with Crippen molar-refractivity contribution < 1.29 is 14.6 Å². The fraction of sp³-hybridized carbons (Fsp3) is 0.588. The number of hydrogen-bond donors (Lipinski definition) is 1. The van der Waals surface area contributed by atoms with Gasteiger partial charge in [-0.05, 0) is 49.4 Å². The topological polar surface area (TPSA) is 49.8 Å². The Labute approximate surface area is 126 Å². The third kappa shape index (κ3) is 3.76. The first-order valence-electron chi connectivity index (χ1n) is 7.62. The molecule has 1 unspecified atom stereocenters. The average Bonchev–Trinajstić information content (AvgIpc) is 2.84. The lowest BCUT2D eigenvalue weighted by Gasteiger charge is -2.22. The summed E-state index contributed by atoms with van der Waals surface area (Å²) >= 11 is 0. The number of carbonyl (C=O) groups excluding carboxylic acids is 1. The highest BCUT2D eigenvalue weighted by Crippen LogP contribution is 2.24. The van der Waals surface area contributed by atoms with E-state index in [1.807, 2.05) is 12.1 Å². The first kappa shape index (κ1) is 15.8. The number of aliphatic hydroxyl groups excluding tert-OH is 1. The number of amides is 1. The van der Waals surface area contributed by atoms with Crippen molar-refractivity contribution in [2.75, 3.05) is 13.1 Å². The maximum absolute atomic E-state index is 12.2. The van der Waals surface area contributed by atoms with Crippen LogP contribution >= 0.6 is 0 Å². The first-order chi connectivity index (χ1) is 9.88. The zero-order valence-corrected chi connectivity index (χ0v) is 13.3. The van der Waals surface area contributed by atoms with Gasteiger partial charge in [-0.2, -0.15) is 0 Å². The van der Waals surface area contributed by atoms with E-state index >= 15 is 0 Å². The lowest BCUT2D eigenvalue weighted by molar-refractivity contribution is -0.137. The Hall–Kier alpha value is -1.55. The van der Waals surface area contributed by atoms with Gasteiger partial charge < -0.3 is 14.7 Å². The van der Waals surface area contributed by atoms with Crippen molar-refractivity contribution in [2.45, 2.75) is 52.2 Å². The van der Waals surface area contributed by atoms with Crippen molar-refractivity contribution in [3.8, 4) is 5.75 Å². The van der Waals surface area contributed by atoms with Gasteiger partial charge in [-0.25, -0.2) is 0 Å². The van der Waals surface area contributed by atoms with Crippen LogP contribution in [0.25, 0.3) is 0 Å². The minimum absolute atomic E-state index is 0.0582. The molecule has 21 heavy (non-hydrogen) atoms. The molecule has 1 aliphatic rings. The van der Waals surface area contributed by atoms with Gasteiger partial charge in [0.15, 0.2) is 6.10 Å². The van der Waals surface area contributed by atoms with E-state index in [0.29, 0.717) is 25.4 Å². The van der Waals surface area contributed by atoms with Crippen LogP contribution < -0.4 is 4.74 Å². The molecule has 0 saturated carbocycles. The second-order valence-corrected chi connectivity index (χ2v) is 6.16. The Morgan fingerprint density at radius 1 is 1.38 bits per heavy atom. The van der Waals surface area contributed by atoms with E-state index in [1.165, 1.54) is 11.1 Å². The summed E-state index contributed by atoms with van der Waals surface area (Å²) in [7, 11) is 0. The summed E-state index contributed by atoms with van der Waals surface area (Å²) in [6, 6.07) is 5.97. The molecule has 0 spiro atoms. The Bertz CT molecular complexity index is 513. The number of rotatable bonds is 4. The molecule has 1 amide bonds. The van der Waals surface area contributed by atoms with Gasteiger partial charge in [0, 0.05) is 13.1 Å². The molecule has 4 nitrogen and oxygen atoms in total. The van der Waals surface area contributed by atoms with E-state index in [4.69, 9.17) is 4.74 Å². The number of aryl methyl sites for hydroxylation is 1. The number of carbonyl (C=O) groups is 1. The molecular formula is C17H25NO3. The molecule has 116 valence electrons. The predicted octanol–water partition coefficient (Wildman–Crippen LogP) is 2.48. The maximum Gasteiger partial charge on any atom is 0.263 e. The number of likely N-dealkylation sites (tertiary alicyclic amines) is 1. The highest BCUT2D eigenvalue weighted by atomic mass is 16.5. The minimum atomic E-state index is -0.528. The van der Waals surface area contributed by atoms with E-state index in [-0.39, 0.29) is 5.91 Å². The molecular weight excluding hydrogens is 266 g/mol. The molecule has 1 saturated heterocycles. The van der Waals surface area contributed by atoms with E-state index in [1.54, 1.807) is 11.8 Å². The fourth-order valence-corrected chi connectivity index (χ4v) is 2.82. The van der Waals surface area contributed by atoms with Crippen LogP contribution in [-0.2, 0) is 4.79 Å². The number of β-amino-alcohol motifs (C(OH)–C–C–N with tert-alkyl or cyclic N) is 1. The molecule has 0 aromatic heterocycles. The van der Waals surface area contributed by atoms with Crippen LogP contribution in [0.3, 0.4) is 0 Å². The number of hydrogen-bond acceptors (Lipinski definition) is 3. The number of ether oxygens (including phenoxy) is 1. The quantitative estimate of drug-likeness (QED) is 0.927. The van der Waals surface area contributed by atoms with Crippen LogP contribution in [0, 0.1) is 6.92 Å². The van der Waals surface area contributed by atoms with Crippen molar-refractivity contribution in [2.24, 2.45) is 0 Å². The fourth-order valence-electron chi connectivity index (χ4n) is 2.82. The second kappa shape index (κ2) is 6.48. The molecule has 1 heterocycles. The second-order valence-electron chi connectivity index (χ2n) is 6.16. The third-order valence-corrected chi connectivity index (χ3v) is 4.00. The SMILES string of the molecule is Cc1cc(OC(C)C(=O)N2CC[C@@H](O)C2)ccc1C(C)C. The lowest BCUT2D eigenvalue weighted by Crippen LogP contribution is -2.39. The summed E-state index contributed by atoms with van der Waals surface area (Å²) in [5, 5.41) is 9.50. The Balaban J connectivity index is 2.01. The van der Waals surface area contributed by atoms with Crippen LogP contribution in [0.1, 0.15) is 44.2 Å². The van der Waals surface area contributed by atoms with Gasteiger partial charge in [0.05, 0.1) is 6.10 Å². The Morgan fingerprint density at radius 3 is 2.62 bits per heavy atom. The Kier molecular flexibility index (Phi) is 4.88. The third-order valence-electron chi connectivity index (χ3n) is 4.00. The van der Waals surface area contributed by atoms with Gasteiger partial charge in [0.2, 0.25) is 0 Å². The molecule has 1 aliphatic heterocycles. The lowest BCUT2D eigenvalue weighted by atomic mass is 9.98. The smallest absolute Gasteiger partial charge is 0.263 e. The monoisotopic (exact) mass is 291 g/mol. The molecule has 2 atom stereocenters. The molecule has 1 aromatic rings. The zero-order chi connectivity index (χ0) is 15.6. The van der Waals surface area contributed by atoms with Gasteiger partial charge in [0.1, 0.15) is 5.75 Å². The van der Waals surface area contributed by atoms with E-state index < -0.39 is 12.2 Å². The summed E-state index contributed by atoms with van der Waals surface area (Å²) in [4.78, 5) is 13.9. The standard InChI is InChI=1S/C17H25NO3/c1-11(2)16-6-5-15(9-12(16)3)21-13(4)17(20)18-8-7-14(19)10-18/h5-6,9,11,13-14,19H,7-8,10H2,1-4H3/t13?,14-/m1/s1. The van der Waals surface area contributed by atoms with E-state index in [0.717, 1.165) is 5.75 Å². The zero-order valence-electron chi connectivity index (χ0n) is 13.3. The molecule has 1 fully saturated rings. The highest BCUT2D eigenvalue weighted by Gasteiger charge is 2.28. The summed E-state index contributed by atoms with van der Waals surface area (Å²) in [6.07, 6.45) is -0.269. The van der Waals surface area contributed by atoms with Crippen molar-refractivity contribution in [1.82, 2.24) is 4.90 Å². The first-order valence-corrected chi connectivity index (χ1v) is 7.62. The van der Waals surface area contributed by atoms with Gasteiger partial charge >= 0.3 is 0 Å². The number of aliphatic hydroxyl groups is 1. The molecule has 0 aliphatic carbocycles. The minimum Gasteiger partial charge on any atom is -0.481 e. The largest absolute Gasteiger partial charge is 0.481 e. The molecule has 4 heteroatoms. The van der Waals surface area contributed by atoms with Gasteiger partial charge in [0.25, 0.3) is 5.91 Å². The van der Waals surface area contributed by atoms with Crippen molar-refractivity contribution in [3.05, 3.63) is 29.3 Å². The van der Waals surface area contributed by atoms with Crippen LogP contribution in [0.15, 0.2) is 18.2 Å². The van der Waals surface area contributed by atoms with Gasteiger partial charge in [-0.1, -0.05) is 19.9 Å². The summed E-state index contributed by atoms with van der Waals surface area (Å²) in [5.41, 5.74) is 2.47. The summed E-state index contributed by atoms with van der Waals surface area (Å²) < 4.78 is 5.77. The molecule has 1 aromatic carbocycles. The summed E-state index contributed by atoms with van der Waals surface area (Å²) in [6.45, 7) is 9.17. The highest BCUT2D eigenvalue weighted by molar-refractivity contribution is 5.81. The normalized spacial score (nSPS) is 19.9. The van der Waals surface area contributed by atoms with Crippen molar-refractivity contribution in [3.63, 3.8) is 0 Å². The molecule has 1 N–H and O–H groups in total. The molecule has 0 bridgehead atoms. The maximum atomic E-state index is 12.2. The van der Waals surface area contributed by atoms with Crippen LogP contribution in [0.4, 0.5) is 0 Å². The van der Waals surface area contributed by atoms with Gasteiger partial charge in [-0.15, -0.1) is 0 Å².